The molecule has 4 rings (SSSR count). The van der Waals surface area contributed by atoms with Gasteiger partial charge in [-0.1, -0.05) is 30.3 Å². The Morgan fingerprint density at radius 2 is 1.96 bits per heavy atom. The number of hydrogen-bond donors (Lipinski definition) is 1. The average Bonchev–Trinajstić information content (AvgIpc) is 3.13. The van der Waals surface area contributed by atoms with Crippen molar-refractivity contribution in [2.24, 2.45) is 0 Å². The number of aromatic nitrogens is 2. The number of carbonyl (C=O) groups is 1. The quantitative estimate of drug-likeness (QED) is 0.746. The molecule has 1 aromatic carbocycles. The van der Waals surface area contributed by atoms with Crippen molar-refractivity contribution >= 4 is 17.1 Å². The minimum Gasteiger partial charge on any atom is -0.307 e. The highest BCUT2D eigenvalue weighted by Crippen LogP contribution is 2.32. The number of fused-ring (bicyclic) bond motifs is 1. The van der Waals surface area contributed by atoms with Crippen molar-refractivity contribution in [2.75, 3.05) is 0 Å². The molecule has 0 saturated heterocycles. The molecule has 0 fully saturated rings. The second-order valence-corrected chi connectivity index (χ2v) is 6.67. The Morgan fingerprint density at radius 1 is 1.17 bits per heavy atom. The van der Waals surface area contributed by atoms with Gasteiger partial charge in [0.05, 0.1) is 11.9 Å². The van der Waals surface area contributed by atoms with Crippen molar-refractivity contribution < 1.29 is 14.6 Å². The van der Waals surface area contributed by atoms with Crippen molar-refractivity contribution in [1.82, 2.24) is 10.0 Å². The topological polar surface area (TPSA) is 57.3 Å². The van der Waals surface area contributed by atoms with E-state index in [1.165, 1.54) is 5.06 Å². The lowest BCUT2D eigenvalue weighted by molar-refractivity contribution is -0.764. The van der Waals surface area contributed by atoms with Crippen LogP contribution in [0.15, 0.2) is 66.4 Å². The molecular weight excluding hydrogens is 322 g/mol. The summed E-state index contributed by atoms with van der Waals surface area (Å²) < 4.78 is 1.83. The molecule has 24 heavy (non-hydrogen) atoms. The Labute approximate surface area is 143 Å². The molecule has 3 aromatic rings. The standard InChI is InChI=1S/C18H16N3O2S/c22-18-15-8-4-5-9-20(15)16(10-14-11-19-12-24-14)21(23)17(18)13-6-2-1-3-7-13/h1-9,11-12,16-17,23H,10H2/q+1. The Morgan fingerprint density at radius 3 is 2.71 bits per heavy atom. The Kier molecular flexibility index (Phi) is 3.93. The summed E-state index contributed by atoms with van der Waals surface area (Å²) in [5.41, 5.74) is 3.16. The molecule has 0 radical (unpaired) electrons. The largest absolute Gasteiger partial charge is 0.307 e. The maximum absolute atomic E-state index is 12.9. The van der Waals surface area contributed by atoms with Crippen molar-refractivity contribution in [3.05, 3.63) is 82.6 Å². The number of hydroxylamine groups is 2. The van der Waals surface area contributed by atoms with Crippen molar-refractivity contribution in [3.8, 4) is 0 Å². The van der Waals surface area contributed by atoms with Gasteiger partial charge in [-0.15, -0.1) is 16.4 Å². The van der Waals surface area contributed by atoms with E-state index in [1.54, 1.807) is 23.0 Å². The van der Waals surface area contributed by atoms with Crippen molar-refractivity contribution in [3.63, 3.8) is 0 Å². The zero-order valence-electron chi connectivity index (χ0n) is 12.8. The lowest BCUT2D eigenvalue weighted by atomic mass is 9.96. The van der Waals surface area contributed by atoms with E-state index >= 15 is 0 Å². The van der Waals surface area contributed by atoms with Gasteiger partial charge in [-0.25, -0.2) is 0 Å². The molecule has 2 aromatic heterocycles. The summed E-state index contributed by atoms with van der Waals surface area (Å²) in [5.74, 6) is -0.107. The monoisotopic (exact) mass is 338 g/mol. The van der Waals surface area contributed by atoms with E-state index in [-0.39, 0.29) is 11.9 Å². The second kappa shape index (κ2) is 6.24. The van der Waals surface area contributed by atoms with Gasteiger partial charge in [-0.3, -0.25) is 9.78 Å². The van der Waals surface area contributed by atoms with E-state index in [9.17, 15) is 10.0 Å². The highest BCUT2D eigenvalue weighted by Gasteiger charge is 2.46. The van der Waals surface area contributed by atoms with Crippen LogP contribution in [0.3, 0.4) is 0 Å². The second-order valence-electron chi connectivity index (χ2n) is 5.70. The Hall–Kier alpha value is -2.41. The van der Waals surface area contributed by atoms with Crippen LogP contribution in [0.1, 0.15) is 33.1 Å². The summed E-state index contributed by atoms with van der Waals surface area (Å²) >= 11 is 1.54. The number of benzene rings is 1. The number of thiazole rings is 1. The van der Waals surface area contributed by atoms with E-state index in [4.69, 9.17) is 0 Å². The molecule has 1 aliphatic heterocycles. The van der Waals surface area contributed by atoms with Gasteiger partial charge < -0.3 is 5.21 Å². The van der Waals surface area contributed by atoms with E-state index < -0.39 is 6.04 Å². The van der Waals surface area contributed by atoms with Gasteiger partial charge in [0.2, 0.25) is 6.17 Å². The van der Waals surface area contributed by atoms with Crippen LogP contribution in [-0.4, -0.2) is 21.0 Å². The third-order valence-corrected chi connectivity index (χ3v) is 5.07. The van der Waals surface area contributed by atoms with Crippen LogP contribution in [0.5, 0.6) is 0 Å². The Bertz CT molecular complexity index is 852. The zero-order chi connectivity index (χ0) is 16.5. The molecule has 0 amide bonds. The van der Waals surface area contributed by atoms with Gasteiger partial charge in [-0.05, 0) is 11.6 Å². The fourth-order valence-electron chi connectivity index (χ4n) is 3.14. The molecule has 1 aliphatic rings. The van der Waals surface area contributed by atoms with Gasteiger partial charge in [0, 0.05) is 23.2 Å². The minimum absolute atomic E-state index is 0.107. The minimum atomic E-state index is -0.702. The van der Waals surface area contributed by atoms with Crippen LogP contribution in [0.4, 0.5) is 0 Å². The number of carbonyl (C=O) groups excluding carboxylic acids is 1. The van der Waals surface area contributed by atoms with Gasteiger partial charge in [0.15, 0.2) is 6.20 Å². The van der Waals surface area contributed by atoms with Gasteiger partial charge in [-0.2, -0.15) is 4.57 Å². The smallest absolute Gasteiger partial charge is 0.252 e. The first-order valence-electron chi connectivity index (χ1n) is 7.69. The molecule has 2 atom stereocenters. The molecule has 5 nitrogen and oxygen atoms in total. The first-order chi connectivity index (χ1) is 11.8. The van der Waals surface area contributed by atoms with Gasteiger partial charge in [0.25, 0.3) is 11.5 Å². The van der Waals surface area contributed by atoms with Crippen molar-refractivity contribution in [1.29, 1.82) is 0 Å². The molecule has 0 aliphatic carbocycles. The summed E-state index contributed by atoms with van der Waals surface area (Å²) in [7, 11) is 0. The highest BCUT2D eigenvalue weighted by atomic mass is 32.1. The lowest BCUT2D eigenvalue weighted by Crippen LogP contribution is -2.59. The summed E-state index contributed by atoms with van der Waals surface area (Å²) in [6.07, 6.45) is 3.86. The van der Waals surface area contributed by atoms with Crippen LogP contribution in [0.25, 0.3) is 0 Å². The maximum atomic E-state index is 12.9. The highest BCUT2D eigenvalue weighted by molar-refractivity contribution is 7.09. The van der Waals surface area contributed by atoms with E-state index in [0.717, 1.165) is 10.4 Å². The number of pyridine rings is 1. The van der Waals surface area contributed by atoms with E-state index in [0.29, 0.717) is 12.1 Å². The normalized spacial score (nSPS) is 20.8. The Balaban J connectivity index is 1.80. The summed E-state index contributed by atoms with van der Waals surface area (Å²) in [6.45, 7) is 0. The fourth-order valence-corrected chi connectivity index (χ4v) is 3.76. The van der Waals surface area contributed by atoms with Crippen LogP contribution in [0, 0.1) is 0 Å². The van der Waals surface area contributed by atoms with Crippen LogP contribution in [0.2, 0.25) is 0 Å². The molecule has 6 heteroatoms. The number of nitrogens with zero attached hydrogens (tertiary/aromatic N) is 3. The third-order valence-electron chi connectivity index (χ3n) is 4.26. The summed E-state index contributed by atoms with van der Waals surface area (Å²) in [6, 6.07) is 14.2. The van der Waals surface area contributed by atoms with Gasteiger partial charge >= 0.3 is 0 Å². The molecule has 2 unspecified atom stereocenters. The number of Topliss-reactive ketones (excluding diaryl/α,β-unsaturated/α-hetero) is 1. The number of hydrogen-bond acceptors (Lipinski definition) is 5. The lowest BCUT2D eigenvalue weighted by Gasteiger charge is -2.32. The molecule has 0 bridgehead atoms. The summed E-state index contributed by atoms with van der Waals surface area (Å²) in [5, 5.41) is 12.0. The predicted molar refractivity (Wildman–Crippen MR) is 88.6 cm³/mol. The molecule has 3 heterocycles. The zero-order valence-corrected chi connectivity index (χ0v) is 13.6. The van der Waals surface area contributed by atoms with Crippen molar-refractivity contribution in [2.45, 2.75) is 18.6 Å². The number of ketones is 1. The van der Waals surface area contributed by atoms with E-state index in [2.05, 4.69) is 4.98 Å². The average molecular weight is 338 g/mol. The summed E-state index contributed by atoms with van der Waals surface area (Å²) in [4.78, 5) is 18.1. The first kappa shape index (κ1) is 15.1. The van der Waals surface area contributed by atoms with Crippen LogP contribution < -0.4 is 4.57 Å². The third kappa shape index (κ3) is 2.54. The molecule has 0 saturated carbocycles. The molecule has 0 spiro atoms. The predicted octanol–water partition coefficient (Wildman–Crippen LogP) is 2.80. The molecular formula is C18H16N3O2S+. The van der Waals surface area contributed by atoms with E-state index in [1.807, 2.05) is 59.3 Å². The van der Waals surface area contributed by atoms with Crippen LogP contribution in [-0.2, 0) is 6.42 Å². The van der Waals surface area contributed by atoms with Crippen LogP contribution >= 0.6 is 11.3 Å². The number of rotatable bonds is 3. The SMILES string of the molecule is O=C1c2cccc[n+]2C(Cc2cncs2)N(O)C1c1ccccc1. The first-order valence-corrected chi connectivity index (χ1v) is 8.57. The van der Waals surface area contributed by atoms with Gasteiger partial charge in [0.1, 0.15) is 6.04 Å². The fraction of sp³-hybridized carbons (Fsp3) is 0.167. The molecule has 120 valence electrons. The molecule has 1 N–H and O–H groups in total. The maximum Gasteiger partial charge on any atom is 0.252 e.